The van der Waals surface area contributed by atoms with Gasteiger partial charge in [0.05, 0.1) is 18.8 Å². The molecule has 6 rings (SSSR count). The normalized spacial score (nSPS) is 41.1. The molecule has 0 aromatic heterocycles. The lowest BCUT2D eigenvalue weighted by Crippen LogP contribution is -2.75. The maximum Gasteiger partial charge on any atom is 0.317 e. The van der Waals surface area contributed by atoms with Crippen molar-refractivity contribution in [2.24, 2.45) is 23.2 Å². The first-order chi connectivity index (χ1) is 18.3. The van der Waals surface area contributed by atoms with Gasteiger partial charge in [-0.05, 0) is 76.7 Å². The van der Waals surface area contributed by atoms with Gasteiger partial charge in [-0.2, -0.15) is 0 Å². The fraction of sp³-hybridized carbons (Fsp3) is 0.931. The van der Waals surface area contributed by atoms with Crippen LogP contribution in [0.15, 0.2) is 0 Å². The molecule has 8 atom stereocenters. The molecule has 2 N–H and O–H groups in total. The number of carbonyl (C=O) groups excluding carboxylic acids is 2. The summed E-state index contributed by atoms with van der Waals surface area (Å²) in [5.41, 5.74) is -0.162. The number of likely N-dealkylation sites (N-methyl/N-ethyl adjacent to an activating group) is 1. The fourth-order valence-electron chi connectivity index (χ4n) is 9.59. The monoisotopic (exact) mass is 534 g/mol. The van der Waals surface area contributed by atoms with Crippen molar-refractivity contribution < 1.29 is 23.8 Å². The largest absolute Gasteiger partial charge is 0.394 e. The molecule has 3 aliphatic heterocycles. The van der Waals surface area contributed by atoms with Crippen LogP contribution in [0.2, 0.25) is 0 Å². The van der Waals surface area contributed by atoms with Gasteiger partial charge in [-0.3, -0.25) is 9.69 Å². The molecule has 3 amide bonds. The molecule has 7 unspecified atom stereocenters. The van der Waals surface area contributed by atoms with Gasteiger partial charge < -0.3 is 25.0 Å². The average molecular weight is 535 g/mol. The Morgan fingerprint density at radius 1 is 1.03 bits per heavy atom. The number of fused-ring (bicyclic) bond motifs is 4. The third kappa shape index (κ3) is 4.44. The Kier molecular flexibility index (Phi) is 7.40. The van der Waals surface area contributed by atoms with E-state index in [4.69, 9.17) is 4.74 Å². The van der Waals surface area contributed by atoms with Crippen LogP contribution in [-0.4, -0.2) is 109 Å². The van der Waals surface area contributed by atoms with Gasteiger partial charge in [-0.1, -0.05) is 12.8 Å². The predicted molar refractivity (Wildman–Crippen MR) is 141 cm³/mol. The lowest BCUT2D eigenvalue weighted by atomic mass is 9.57. The number of likely N-dealkylation sites (tertiary alicyclic amines) is 3. The van der Waals surface area contributed by atoms with E-state index in [1.807, 2.05) is 9.80 Å². The summed E-state index contributed by atoms with van der Waals surface area (Å²) in [5.74, 6) is 1.07. The van der Waals surface area contributed by atoms with Gasteiger partial charge >= 0.3 is 6.03 Å². The second kappa shape index (κ2) is 10.5. The van der Waals surface area contributed by atoms with E-state index in [1.165, 1.54) is 0 Å². The maximum absolute atomic E-state index is 13.9. The van der Waals surface area contributed by atoms with E-state index in [0.717, 1.165) is 57.8 Å². The van der Waals surface area contributed by atoms with Crippen LogP contribution in [0, 0.1) is 23.2 Å². The number of piperidine rings is 1. The SMILES string of the molecule is COC1CCC2C(C1)N(C)C1C2C2(CN(C(=O)NC3CCCC(F)C3)C2)CN(C(=O)C2CCCC2)[C@@H]1CO. The number of nitrogens with zero attached hydrogens (tertiary/aromatic N) is 3. The first-order valence-corrected chi connectivity index (χ1v) is 15.2. The Labute approximate surface area is 226 Å². The summed E-state index contributed by atoms with van der Waals surface area (Å²) in [7, 11) is 3.98. The highest BCUT2D eigenvalue weighted by Crippen LogP contribution is 2.58. The van der Waals surface area contributed by atoms with Crippen molar-refractivity contribution in [3.63, 3.8) is 0 Å². The molecule has 6 aliphatic rings. The number of rotatable bonds is 4. The first-order valence-electron chi connectivity index (χ1n) is 15.2. The summed E-state index contributed by atoms with van der Waals surface area (Å²) in [5, 5.41) is 13.8. The molecule has 0 radical (unpaired) electrons. The summed E-state index contributed by atoms with van der Waals surface area (Å²) in [6, 6.07) is 0.0629. The van der Waals surface area contributed by atoms with Crippen LogP contribution >= 0.6 is 0 Å². The highest BCUT2D eigenvalue weighted by molar-refractivity contribution is 5.80. The van der Waals surface area contributed by atoms with Gasteiger partial charge in [-0.25, -0.2) is 9.18 Å². The van der Waals surface area contributed by atoms with Crippen LogP contribution in [-0.2, 0) is 9.53 Å². The first kappa shape index (κ1) is 26.8. The van der Waals surface area contributed by atoms with E-state index in [0.29, 0.717) is 50.4 Å². The molecule has 0 aromatic carbocycles. The standard InChI is InChI=1S/C29H47FN4O4/c1-32-23-13-21(38-2)10-11-22(23)25-26(32)24(14-35)34(27(36)18-6-3-4-7-18)17-29(25)15-33(16-29)28(37)31-20-9-5-8-19(30)12-20/h18-26,35H,3-17H2,1-2H3,(H,31,37)/t19?,20?,21?,22?,23?,24-,25?,26?/m1/s1. The minimum absolute atomic E-state index is 0.0243. The molecule has 38 heavy (non-hydrogen) atoms. The van der Waals surface area contributed by atoms with Gasteiger partial charge in [0.2, 0.25) is 5.91 Å². The van der Waals surface area contributed by atoms with Gasteiger partial charge in [-0.15, -0.1) is 0 Å². The lowest BCUT2D eigenvalue weighted by molar-refractivity contribution is -0.164. The molecule has 0 aromatic rings. The van der Waals surface area contributed by atoms with Crippen molar-refractivity contribution in [3.8, 4) is 0 Å². The summed E-state index contributed by atoms with van der Waals surface area (Å²) < 4.78 is 19.7. The van der Waals surface area contributed by atoms with Crippen LogP contribution < -0.4 is 5.32 Å². The van der Waals surface area contributed by atoms with Crippen LogP contribution in [0.5, 0.6) is 0 Å². The Bertz CT molecular complexity index is 894. The summed E-state index contributed by atoms with van der Waals surface area (Å²) in [6.45, 7) is 1.86. The smallest absolute Gasteiger partial charge is 0.317 e. The molecule has 3 aliphatic carbocycles. The molecule has 0 bridgehead atoms. The van der Waals surface area contributed by atoms with Crippen LogP contribution in [0.25, 0.3) is 0 Å². The number of urea groups is 1. The highest BCUT2D eigenvalue weighted by atomic mass is 19.1. The number of methoxy groups -OCH3 is 1. The van der Waals surface area contributed by atoms with Gasteiger partial charge in [0, 0.05) is 56.2 Å². The van der Waals surface area contributed by atoms with E-state index >= 15 is 0 Å². The number of hydrogen-bond acceptors (Lipinski definition) is 5. The second-order valence-corrected chi connectivity index (χ2v) is 13.4. The molecule has 214 valence electrons. The minimum atomic E-state index is -0.824. The second-order valence-electron chi connectivity index (χ2n) is 13.4. The van der Waals surface area contributed by atoms with Crippen molar-refractivity contribution >= 4 is 11.9 Å². The van der Waals surface area contributed by atoms with Crippen molar-refractivity contribution in [1.82, 2.24) is 20.0 Å². The summed E-state index contributed by atoms with van der Waals surface area (Å²) in [6.07, 6.45) is 9.26. The minimum Gasteiger partial charge on any atom is -0.394 e. The summed E-state index contributed by atoms with van der Waals surface area (Å²) in [4.78, 5) is 33.5. The zero-order chi connectivity index (χ0) is 26.6. The molecule has 9 heteroatoms. The third-order valence-corrected chi connectivity index (χ3v) is 11.4. The van der Waals surface area contributed by atoms with Crippen molar-refractivity contribution in [1.29, 1.82) is 0 Å². The third-order valence-electron chi connectivity index (χ3n) is 11.4. The predicted octanol–water partition coefficient (Wildman–Crippen LogP) is 2.79. The molecule has 1 spiro atoms. The number of alkyl halides is 1. The number of halogens is 1. The van der Waals surface area contributed by atoms with E-state index in [1.54, 1.807) is 7.11 Å². The Morgan fingerprint density at radius 2 is 1.79 bits per heavy atom. The topological polar surface area (TPSA) is 85.4 Å². The van der Waals surface area contributed by atoms with Gasteiger partial charge in [0.15, 0.2) is 0 Å². The molecule has 3 saturated carbocycles. The average Bonchev–Trinajstić information content (AvgIpc) is 3.53. The number of nitrogens with one attached hydrogen (secondary N) is 1. The van der Waals surface area contributed by atoms with Crippen molar-refractivity contribution in [2.75, 3.05) is 40.4 Å². The van der Waals surface area contributed by atoms with E-state index < -0.39 is 6.17 Å². The Hall–Kier alpha value is -1.45. The number of carbonyl (C=O) groups is 2. The quantitative estimate of drug-likeness (QED) is 0.580. The number of aliphatic hydroxyl groups excluding tert-OH is 1. The highest BCUT2D eigenvalue weighted by Gasteiger charge is 2.67. The number of hydrogen-bond donors (Lipinski definition) is 2. The number of ether oxygens (including phenoxy) is 1. The number of amides is 3. The zero-order valence-corrected chi connectivity index (χ0v) is 23.2. The van der Waals surface area contributed by atoms with Crippen LogP contribution in [0.1, 0.15) is 70.6 Å². The molecule has 3 saturated heterocycles. The molecule has 8 nitrogen and oxygen atoms in total. The number of aliphatic hydroxyl groups is 1. The van der Waals surface area contributed by atoms with Gasteiger partial charge in [0.25, 0.3) is 0 Å². The Morgan fingerprint density at radius 3 is 2.47 bits per heavy atom. The molecule has 3 heterocycles. The van der Waals surface area contributed by atoms with E-state index in [-0.39, 0.29) is 54.1 Å². The summed E-state index contributed by atoms with van der Waals surface area (Å²) >= 11 is 0. The Balaban J connectivity index is 1.25. The maximum atomic E-state index is 13.9. The molecular weight excluding hydrogens is 487 g/mol. The van der Waals surface area contributed by atoms with E-state index in [9.17, 15) is 19.1 Å². The van der Waals surface area contributed by atoms with Crippen LogP contribution in [0.4, 0.5) is 9.18 Å². The van der Waals surface area contributed by atoms with Gasteiger partial charge in [0.1, 0.15) is 6.17 Å². The molecular formula is C29H47FN4O4. The van der Waals surface area contributed by atoms with Crippen molar-refractivity contribution in [3.05, 3.63) is 0 Å². The van der Waals surface area contributed by atoms with Crippen LogP contribution in [0.3, 0.4) is 0 Å². The lowest BCUT2D eigenvalue weighted by Gasteiger charge is -2.62. The molecule has 6 fully saturated rings. The zero-order valence-electron chi connectivity index (χ0n) is 23.2. The fourth-order valence-corrected chi connectivity index (χ4v) is 9.59. The van der Waals surface area contributed by atoms with Crippen molar-refractivity contribution in [2.45, 2.75) is 107 Å². The van der Waals surface area contributed by atoms with E-state index in [2.05, 4.69) is 17.3 Å².